The molecular weight excluding hydrogens is 232 g/mol. The Balaban J connectivity index is 1.66. The van der Waals surface area contributed by atoms with E-state index in [0.717, 1.165) is 38.5 Å². The van der Waals surface area contributed by atoms with E-state index in [2.05, 4.69) is 15.5 Å². The van der Waals surface area contributed by atoms with Gasteiger partial charge in [-0.2, -0.15) is 4.98 Å². The second-order valence-electron chi connectivity index (χ2n) is 5.33. The number of hydrogen-bond acceptors (Lipinski definition) is 5. The van der Waals surface area contributed by atoms with Crippen molar-refractivity contribution in [2.24, 2.45) is 5.73 Å². The highest BCUT2D eigenvalue weighted by molar-refractivity contribution is 5.90. The summed E-state index contributed by atoms with van der Waals surface area (Å²) in [6.07, 6.45) is 6.12. The van der Waals surface area contributed by atoms with Gasteiger partial charge in [0.1, 0.15) is 0 Å². The number of nitrogens with two attached hydrogens (primary N) is 1. The highest BCUT2D eigenvalue weighted by Gasteiger charge is 2.29. The average molecular weight is 250 g/mol. The van der Waals surface area contributed by atoms with E-state index in [1.807, 2.05) is 0 Å². The van der Waals surface area contributed by atoms with Crippen LogP contribution in [-0.2, 0) is 0 Å². The summed E-state index contributed by atoms with van der Waals surface area (Å²) >= 11 is 0. The topological polar surface area (TPSA) is 94.0 Å². The van der Waals surface area contributed by atoms with Gasteiger partial charge in [-0.1, -0.05) is 11.6 Å². The molecule has 0 aliphatic heterocycles. The monoisotopic (exact) mass is 250 g/mol. The van der Waals surface area contributed by atoms with Crippen LogP contribution >= 0.6 is 0 Å². The van der Waals surface area contributed by atoms with E-state index in [1.165, 1.54) is 0 Å². The Morgan fingerprint density at radius 1 is 1.33 bits per heavy atom. The first-order valence-corrected chi connectivity index (χ1v) is 6.62. The Bertz CT molecular complexity index is 441. The summed E-state index contributed by atoms with van der Waals surface area (Å²) in [5.41, 5.74) is 5.93. The molecule has 0 bridgehead atoms. The van der Waals surface area contributed by atoms with Gasteiger partial charge in [0, 0.05) is 18.0 Å². The first kappa shape index (κ1) is 11.6. The number of rotatable bonds is 3. The molecule has 0 radical (unpaired) electrons. The summed E-state index contributed by atoms with van der Waals surface area (Å²) in [6.45, 7) is 0. The second-order valence-corrected chi connectivity index (χ2v) is 5.33. The molecule has 2 fully saturated rings. The van der Waals surface area contributed by atoms with Gasteiger partial charge in [0.05, 0.1) is 0 Å². The first-order valence-electron chi connectivity index (χ1n) is 6.62. The molecule has 1 heterocycles. The third-order valence-electron chi connectivity index (χ3n) is 3.62. The smallest absolute Gasteiger partial charge is 0.292 e. The van der Waals surface area contributed by atoms with E-state index >= 15 is 0 Å². The highest BCUT2D eigenvalue weighted by Crippen LogP contribution is 2.31. The van der Waals surface area contributed by atoms with Gasteiger partial charge in [-0.3, -0.25) is 4.79 Å². The maximum atomic E-state index is 11.7. The molecule has 2 unspecified atom stereocenters. The quantitative estimate of drug-likeness (QED) is 0.832. The van der Waals surface area contributed by atoms with Crippen LogP contribution < -0.4 is 11.1 Å². The summed E-state index contributed by atoms with van der Waals surface area (Å²) in [4.78, 5) is 15.9. The Hall–Kier alpha value is -1.43. The standard InChI is InChI=1S/C12H18N4O2/c13-8-3-1-2-7(6-8)12-15-10(16-18-12)11(17)14-9-4-5-9/h7-9H,1-6,13H2,(H,14,17). The van der Waals surface area contributed by atoms with Crippen molar-refractivity contribution in [2.45, 2.75) is 56.5 Å². The Morgan fingerprint density at radius 3 is 2.89 bits per heavy atom. The zero-order valence-electron chi connectivity index (χ0n) is 10.3. The molecule has 1 aromatic heterocycles. The predicted octanol–water partition coefficient (Wildman–Crippen LogP) is 0.947. The van der Waals surface area contributed by atoms with Crippen LogP contribution in [0.2, 0.25) is 0 Å². The molecule has 3 N–H and O–H groups in total. The summed E-state index contributed by atoms with van der Waals surface area (Å²) in [6, 6.07) is 0.516. The van der Waals surface area contributed by atoms with Crippen molar-refractivity contribution in [1.29, 1.82) is 0 Å². The van der Waals surface area contributed by atoms with Gasteiger partial charge in [0.25, 0.3) is 11.7 Å². The SMILES string of the molecule is NC1CCCC(c2nc(C(=O)NC3CC3)no2)C1. The molecule has 0 saturated heterocycles. The molecule has 0 aromatic carbocycles. The molecule has 2 aliphatic carbocycles. The molecule has 18 heavy (non-hydrogen) atoms. The third kappa shape index (κ3) is 2.53. The lowest BCUT2D eigenvalue weighted by Gasteiger charge is -2.23. The van der Waals surface area contributed by atoms with Crippen LogP contribution in [0.15, 0.2) is 4.52 Å². The van der Waals surface area contributed by atoms with Crippen molar-refractivity contribution >= 4 is 5.91 Å². The minimum Gasteiger partial charge on any atom is -0.346 e. The van der Waals surface area contributed by atoms with Crippen LogP contribution in [-0.4, -0.2) is 28.1 Å². The zero-order valence-corrected chi connectivity index (χ0v) is 10.3. The van der Waals surface area contributed by atoms with E-state index < -0.39 is 0 Å². The maximum absolute atomic E-state index is 11.7. The zero-order chi connectivity index (χ0) is 12.5. The molecule has 2 aliphatic rings. The van der Waals surface area contributed by atoms with E-state index in [1.54, 1.807) is 0 Å². The van der Waals surface area contributed by atoms with Crippen LogP contribution in [0.3, 0.4) is 0 Å². The van der Waals surface area contributed by atoms with Crippen LogP contribution in [0.25, 0.3) is 0 Å². The van der Waals surface area contributed by atoms with Crippen molar-refractivity contribution in [2.75, 3.05) is 0 Å². The van der Waals surface area contributed by atoms with Crippen molar-refractivity contribution < 1.29 is 9.32 Å². The van der Waals surface area contributed by atoms with Gasteiger partial charge < -0.3 is 15.6 Å². The van der Waals surface area contributed by atoms with Crippen molar-refractivity contribution in [1.82, 2.24) is 15.5 Å². The van der Waals surface area contributed by atoms with Gasteiger partial charge in [-0.15, -0.1) is 0 Å². The van der Waals surface area contributed by atoms with Crippen molar-refractivity contribution in [3.63, 3.8) is 0 Å². The Morgan fingerprint density at radius 2 is 2.17 bits per heavy atom. The molecule has 2 atom stereocenters. The van der Waals surface area contributed by atoms with E-state index in [0.29, 0.717) is 11.9 Å². The minimum atomic E-state index is -0.229. The second kappa shape index (κ2) is 4.68. The molecule has 6 heteroatoms. The summed E-state index contributed by atoms with van der Waals surface area (Å²) < 4.78 is 5.20. The number of nitrogens with zero attached hydrogens (tertiary/aromatic N) is 2. The van der Waals surface area contributed by atoms with Gasteiger partial charge >= 0.3 is 0 Å². The summed E-state index contributed by atoms with van der Waals surface area (Å²) in [5, 5.41) is 6.60. The van der Waals surface area contributed by atoms with Crippen LogP contribution in [0.5, 0.6) is 0 Å². The summed E-state index contributed by atoms with van der Waals surface area (Å²) in [7, 11) is 0. The van der Waals surface area contributed by atoms with E-state index in [9.17, 15) is 4.79 Å². The lowest BCUT2D eigenvalue weighted by atomic mass is 9.86. The van der Waals surface area contributed by atoms with E-state index in [-0.39, 0.29) is 23.7 Å². The first-order chi connectivity index (χ1) is 8.72. The lowest BCUT2D eigenvalue weighted by Crippen LogP contribution is -2.27. The number of amides is 1. The number of carbonyl (C=O) groups excluding carboxylic acids is 1. The van der Waals surface area contributed by atoms with E-state index in [4.69, 9.17) is 10.3 Å². The number of carbonyl (C=O) groups is 1. The average Bonchev–Trinajstić information content (AvgIpc) is 3.03. The molecule has 0 spiro atoms. The van der Waals surface area contributed by atoms with Crippen LogP contribution in [0.4, 0.5) is 0 Å². The summed E-state index contributed by atoms with van der Waals surface area (Å²) in [5.74, 6) is 0.693. The Labute approximate surface area is 105 Å². The third-order valence-corrected chi connectivity index (χ3v) is 3.62. The normalized spacial score (nSPS) is 28.1. The van der Waals surface area contributed by atoms with Gasteiger partial charge in [0.2, 0.25) is 5.89 Å². The molecule has 2 saturated carbocycles. The van der Waals surface area contributed by atoms with Crippen molar-refractivity contribution in [3.05, 3.63) is 11.7 Å². The molecule has 1 aromatic rings. The highest BCUT2D eigenvalue weighted by atomic mass is 16.5. The maximum Gasteiger partial charge on any atom is 0.292 e. The van der Waals surface area contributed by atoms with Gasteiger partial charge in [0.15, 0.2) is 0 Å². The lowest BCUT2D eigenvalue weighted by molar-refractivity contribution is 0.0937. The fourth-order valence-corrected chi connectivity index (χ4v) is 2.42. The van der Waals surface area contributed by atoms with Gasteiger partial charge in [-0.25, -0.2) is 0 Å². The van der Waals surface area contributed by atoms with Crippen molar-refractivity contribution in [3.8, 4) is 0 Å². The van der Waals surface area contributed by atoms with Gasteiger partial charge in [-0.05, 0) is 32.1 Å². The fraction of sp³-hybridized carbons (Fsp3) is 0.750. The number of nitrogens with one attached hydrogen (secondary N) is 1. The molecule has 1 amide bonds. The molecule has 3 rings (SSSR count). The Kier molecular flexibility index (Phi) is 3.03. The predicted molar refractivity (Wildman–Crippen MR) is 64.0 cm³/mol. The van der Waals surface area contributed by atoms with Crippen LogP contribution in [0.1, 0.15) is 61.0 Å². The fourth-order valence-electron chi connectivity index (χ4n) is 2.42. The van der Waals surface area contributed by atoms with Crippen LogP contribution in [0, 0.1) is 0 Å². The largest absolute Gasteiger partial charge is 0.346 e. The number of hydrogen-bond donors (Lipinski definition) is 2. The molecule has 6 nitrogen and oxygen atoms in total. The minimum absolute atomic E-state index is 0.149. The molecular formula is C12H18N4O2. The molecule has 98 valence electrons. The number of aromatic nitrogens is 2.